The fourth-order valence-corrected chi connectivity index (χ4v) is 3.88. The molecule has 144 valence electrons. The first-order valence-electron chi connectivity index (χ1n) is 9.20. The van der Waals surface area contributed by atoms with E-state index in [0.29, 0.717) is 25.4 Å². The first-order chi connectivity index (χ1) is 13.1. The molecule has 8 heteroatoms. The second kappa shape index (κ2) is 7.30. The van der Waals surface area contributed by atoms with Gasteiger partial charge in [0, 0.05) is 10.9 Å². The molecule has 2 saturated heterocycles. The maximum atomic E-state index is 12.6. The van der Waals surface area contributed by atoms with Gasteiger partial charge >= 0.3 is 5.97 Å². The summed E-state index contributed by atoms with van der Waals surface area (Å²) in [6.07, 6.45) is 1.58. The zero-order valence-electron chi connectivity index (χ0n) is 15.3. The summed E-state index contributed by atoms with van der Waals surface area (Å²) >= 11 is 0. The number of aromatic amines is 1. The van der Waals surface area contributed by atoms with Gasteiger partial charge < -0.3 is 29.4 Å². The van der Waals surface area contributed by atoms with Crippen LogP contribution in [-0.4, -0.2) is 62.6 Å². The van der Waals surface area contributed by atoms with Crippen LogP contribution >= 0.6 is 0 Å². The fourth-order valence-electron chi connectivity index (χ4n) is 3.88. The average molecular weight is 374 g/mol. The number of nitrogens with one attached hydrogen (secondary N) is 3. The molecule has 0 atom stereocenters. The van der Waals surface area contributed by atoms with E-state index in [1.54, 1.807) is 0 Å². The number of likely N-dealkylation sites (tertiary alicyclic amines) is 1. The third-order valence-corrected chi connectivity index (χ3v) is 5.30. The number of hydrogen-bond acceptors (Lipinski definition) is 5. The van der Waals surface area contributed by atoms with E-state index < -0.39 is 11.8 Å². The van der Waals surface area contributed by atoms with Crippen LogP contribution < -0.4 is 10.2 Å². The monoisotopic (exact) mass is 374 g/mol. The number of esters is 1. The summed E-state index contributed by atoms with van der Waals surface area (Å²) in [5.74, 6) is -1.08. The summed E-state index contributed by atoms with van der Waals surface area (Å²) in [5, 5.41) is 3.69. The lowest BCUT2D eigenvalue weighted by Gasteiger charge is -2.34. The zero-order valence-corrected chi connectivity index (χ0v) is 15.3. The minimum Gasteiger partial charge on any atom is -0.464 e. The van der Waals surface area contributed by atoms with Crippen LogP contribution in [0.2, 0.25) is 0 Å². The number of quaternary nitrogens is 1. The highest BCUT2D eigenvalue weighted by Gasteiger charge is 2.42. The van der Waals surface area contributed by atoms with Crippen molar-refractivity contribution in [2.24, 2.45) is 0 Å². The molecule has 1 aromatic carbocycles. The molecule has 0 radical (unpaired) electrons. The molecule has 3 N–H and O–H groups in total. The van der Waals surface area contributed by atoms with E-state index in [4.69, 9.17) is 14.2 Å². The van der Waals surface area contributed by atoms with Crippen LogP contribution in [0.25, 0.3) is 10.9 Å². The second-order valence-corrected chi connectivity index (χ2v) is 6.99. The number of H-pyrrole nitrogens is 1. The molecule has 27 heavy (non-hydrogen) atoms. The number of hydrogen-bond donors (Lipinski definition) is 3. The number of carbonyl (C=O) groups excluding carboxylic acids is 2. The van der Waals surface area contributed by atoms with E-state index in [9.17, 15) is 9.59 Å². The van der Waals surface area contributed by atoms with E-state index in [1.807, 2.05) is 24.3 Å². The number of ether oxygens (including phenoxy) is 3. The average Bonchev–Trinajstić information content (AvgIpc) is 3.29. The molecule has 2 aliphatic heterocycles. The Labute approximate surface area is 156 Å². The van der Waals surface area contributed by atoms with Crippen LogP contribution in [0.3, 0.4) is 0 Å². The molecule has 1 aromatic heterocycles. The number of para-hydroxylation sites is 1. The first-order valence-corrected chi connectivity index (χ1v) is 9.20. The highest BCUT2D eigenvalue weighted by Crippen LogP contribution is 2.29. The number of aromatic nitrogens is 1. The van der Waals surface area contributed by atoms with E-state index in [2.05, 4.69) is 10.3 Å². The minimum absolute atomic E-state index is 0.135. The number of piperidine rings is 1. The van der Waals surface area contributed by atoms with Gasteiger partial charge in [-0.15, -0.1) is 0 Å². The van der Waals surface area contributed by atoms with E-state index in [1.165, 1.54) is 12.0 Å². The number of carbonyl (C=O) groups is 2. The van der Waals surface area contributed by atoms with Gasteiger partial charge in [-0.2, -0.15) is 0 Å². The summed E-state index contributed by atoms with van der Waals surface area (Å²) in [5.41, 5.74) is 1.50. The number of fused-ring (bicyclic) bond motifs is 1. The predicted molar refractivity (Wildman–Crippen MR) is 97.7 cm³/mol. The van der Waals surface area contributed by atoms with Crippen LogP contribution in [0.4, 0.5) is 5.69 Å². The molecule has 3 heterocycles. The molecule has 0 unspecified atom stereocenters. The van der Waals surface area contributed by atoms with Crippen LogP contribution in [-0.2, 0) is 19.0 Å². The molecule has 8 nitrogen and oxygen atoms in total. The van der Waals surface area contributed by atoms with Crippen molar-refractivity contribution in [1.29, 1.82) is 0 Å². The SMILES string of the molecule is COC(=O)c1[nH]c2ccccc2c1NC(=O)C[NH+]1CCC2(CC1)OCCO2. The van der Waals surface area contributed by atoms with E-state index in [0.717, 1.165) is 36.8 Å². The number of anilines is 1. The molecule has 4 rings (SSSR count). The van der Waals surface area contributed by atoms with Crippen molar-refractivity contribution < 1.29 is 28.7 Å². The highest BCUT2D eigenvalue weighted by molar-refractivity contribution is 6.11. The largest absolute Gasteiger partial charge is 0.464 e. The molecule has 1 spiro atoms. The van der Waals surface area contributed by atoms with Gasteiger partial charge in [0.25, 0.3) is 5.91 Å². The Kier molecular flexibility index (Phi) is 4.86. The lowest BCUT2D eigenvalue weighted by atomic mass is 10.0. The molecular weight excluding hydrogens is 350 g/mol. The van der Waals surface area contributed by atoms with Gasteiger partial charge in [0.2, 0.25) is 0 Å². The summed E-state index contributed by atoms with van der Waals surface area (Å²) in [7, 11) is 1.32. The van der Waals surface area contributed by atoms with Gasteiger partial charge in [-0.1, -0.05) is 18.2 Å². The minimum atomic E-state index is -0.510. The Morgan fingerprint density at radius 1 is 1.22 bits per heavy atom. The Hall–Kier alpha value is -2.42. The van der Waals surface area contributed by atoms with E-state index >= 15 is 0 Å². The van der Waals surface area contributed by atoms with Gasteiger partial charge in [-0.3, -0.25) is 4.79 Å². The maximum Gasteiger partial charge on any atom is 0.356 e. The van der Waals surface area contributed by atoms with Gasteiger partial charge in [0.05, 0.1) is 51.9 Å². The van der Waals surface area contributed by atoms with Crippen molar-refractivity contribution in [3.8, 4) is 0 Å². The summed E-state index contributed by atoms with van der Waals surface area (Å²) in [6, 6.07) is 7.45. The Morgan fingerprint density at radius 3 is 2.63 bits per heavy atom. The number of amides is 1. The molecule has 2 aromatic rings. The molecule has 0 saturated carbocycles. The summed E-state index contributed by atoms with van der Waals surface area (Å²) < 4.78 is 16.3. The van der Waals surface area contributed by atoms with E-state index in [-0.39, 0.29) is 11.6 Å². The highest BCUT2D eigenvalue weighted by atomic mass is 16.7. The molecule has 0 bridgehead atoms. The second-order valence-electron chi connectivity index (χ2n) is 6.99. The van der Waals surface area contributed by atoms with Gasteiger partial charge in [-0.05, 0) is 6.07 Å². The summed E-state index contributed by atoms with van der Waals surface area (Å²) in [4.78, 5) is 28.9. The summed E-state index contributed by atoms with van der Waals surface area (Å²) in [6.45, 7) is 3.24. The predicted octanol–water partition coefficient (Wildman–Crippen LogP) is 0.315. The van der Waals surface area contributed by atoms with Crippen molar-refractivity contribution in [2.45, 2.75) is 18.6 Å². The Morgan fingerprint density at radius 2 is 1.93 bits per heavy atom. The lowest BCUT2D eigenvalue weighted by molar-refractivity contribution is -0.900. The van der Waals surface area contributed by atoms with Gasteiger partial charge in [0.15, 0.2) is 12.3 Å². The zero-order chi connectivity index (χ0) is 18.9. The molecule has 2 fully saturated rings. The normalized spacial score (nSPS) is 19.4. The maximum absolute atomic E-state index is 12.6. The first kappa shape index (κ1) is 18.0. The molecule has 1 amide bonds. The molecule has 2 aliphatic rings. The van der Waals surface area contributed by atoms with Crippen molar-refractivity contribution >= 4 is 28.5 Å². The van der Waals surface area contributed by atoms with Gasteiger partial charge in [0.1, 0.15) is 5.69 Å². The lowest BCUT2D eigenvalue weighted by Crippen LogP contribution is -3.14. The quantitative estimate of drug-likeness (QED) is 0.670. The van der Waals surface area contributed by atoms with Crippen LogP contribution in [0.1, 0.15) is 23.3 Å². The number of benzene rings is 1. The Bertz CT molecular complexity index is 846. The number of rotatable bonds is 4. The standard InChI is InChI=1S/C19H23N3O5/c1-25-18(24)17-16(13-4-2-3-5-14(13)20-17)21-15(23)12-22-8-6-19(7-9-22)26-10-11-27-19/h2-5,20H,6-12H2,1H3,(H,21,23)/p+1. The van der Waals surface area contributed by atoms with Crippen molar-refractivity contribution in [3.63, 3.8) is 0 Å². The van der Waals surface area contributed by atoms with Gasteiger partial charge in [-0.25, -0.2) is 4.79 Å². The molecule has 0 aliphatic carbocycles. The van der Waals surface area contributed by atoms with Crippen LogP contribution in [0.15, 0.2) is 24.3 Å². The fraction of sp³-hybridized carbons (Fsp3) is 0.474. The Balaban J connectivity index is 1.44. The van der Waals surface area contributed by atoms with Crippen molar-refractivity contribution in [2.75, 3.05) is 45.3 Å². The topological polar surface area (TPSA) is 94.1 Å². The smallest absolute Gasteiger partial charge is 0.356 e. The van der Waals surface area contributed by atoms with Crippen LogP contribution in [0, 0.1) is 0 Å². The molecular formula is C19H24N3O5+. The third-order valence-electron chi connectivity index (χ3n) is 5.30. The van der Waals surface area contributed by atoms with Crippen LogP contribution in [0.5, 0.6) is 0 Å². The third kappa shape index (κ3) is 3.55. The van der Waals surface area contributed by atoms with Crippen molar-refractivity contribution in [3.05, 3.63) is 30.0 Å². The number of methoxy groups -OCH3 is 1. The van der Waals surface area contributed by atoms with Crippen molar-refractivity contribution in [1.82, 2.24) is 4.98 Å².